The van der Waals surface area contributed by atoms with Gasteiger partial charge < -0.3 is 10.6 Å². The lowest BCUT2D eigenvalue weighted by Crippen LogP contribution is -2.50. The third kappa shape index (κ3) is 4.55. The van der Waals surface area contributed by atoms with E-state index in [2.05, 4.69) is 20.7 Å². The number of benzene rings is 1. The topological polar surface area (TPSA) is 110 Å². The Labute approximate surface area is 149 Å². The molecule has 1 aliphatic heterocycles. The normalized spacial score (nSPS) is 17.5. The van der Waals surface area contributed by atoms with Crippen molar-refractivity contribution < 1.29 is 18.0 Å². The fraction of sp³-hybridized carbons (Fsp3) is 0.467. The van der Waals surface area contributed by atoms with Crippen molar-refractivity contribution in [2.24, 2.45) is 11.7 Å². The Morgan fingerprint density at radius 3 is 2.29 bits per heavy atom. The van der Waals surface area contributed by atoms with Crippen LogP contribution in [-0.4, -0.2) is 44.3 Å². The molecule has 2 amide bonds. The Kier molecular flexibility index (Phi) is 6.00. The van der Waals surface area contributed by atoms with Gasteiger partial charge in [0.2, 0.25) is 21.8 Å². The number of nitrogens with two attached hydrogens (primary N) is 1. The van der Waals surface area contributed by atoms with E-state index in [1.165, 1.54) is 19.1 Å². The average molecular weight is 418 g/mol. The van der Waals surface area contributed by atoms with Crippen molar-refractivity contribution in [3.8, 4) is 0 Å². The number of hydrogen-bond acceptors (Lipinski definition) is 4. The van der Waals surface area contributed by atoms with Crippen molar-refractivity contribution in [3.05, 3.63) is 28.7 Å². The van der Waals surface area contributed by atoms with Crippen molar-refractivity contribution in [1.29, 1.82) is 0 Å². The van der Waals surface area contributed by atoms with Gasteiger partial charge >= 0.3 is 0 Å². The Morgan fingerprint density at radius 1 is 1.25 bits per heavy atom. The molecular formula is C15H20BrN3O4S. The first-order valence-electron chi connectivity index (χ1n) is 7.56. The number of rotatable bonds is 5. The standard InChI is InChI=1S/C15H20BrN3O4S/c1-10(15(21)19-8-6-11(7-9-19)14(17)20)18-24(22,23)13-4-2-12(16)3-5-13/h2-5,10-11,18H,6-9H2,1H3,(H2,17,20). The van der Waals surface area contributed by atoms with Gasteiger partial charge in [0.25, 0.3) is 0 Å². The molecule has 1 aromatic rings. The molecule has 132 valence electrons. The molecule has 1 unspecified atom stereocenters. The smallest absolute Gasteiger partial charge is 0.241 e. The van der Waals surface area contributed by atoms with Crippen LogP contribution in [0.2, 0.25) is 0 Å². The van der Waals surface area contributed by atoms with E-state index in [1.54, 1.807) is 17.0 Å². The van der Waals surface area contributed by atoms with Crippen molar-refractivity contribution in [1.82, 2.24) is 9.62 Å². The fourth-order valence-corrected chi connectivity index (χ4v) is 4.08. The number of carbonyl (C=O) groups excluding carboxylic acids is 2. The predicted octanol–water partition coefficient (Wildman–Crippen LogP) is 0.840. The summed E-state index contributed by atoms with van der Waals surface area (Å²) in [6.07, 6.45) is 1.01. The van der Waals surface area contributed by atoms with Crippen molar-refractivity contribution in [3.63, 3.8) is 0 Å². The molecule has 0 aromatic heterocycles. The molecule has 24 heavy (non-hydrogen) atoms. The van der Waals surface area contributed by atoms with E-state index < -0.39 is 16.1 Å². The summed E-state index contributed by atoms with van der Waals surface area (Å²) in [7, 11) is -3.78. The molecular weight excluding hydrogens is 398 g/mol. The van der Waals surface area contributed by atoms with E-state index in [1.807, 2.05) is 0 Å². The second-order valence-electron chi connectivity index (χ2n) is 5.80. The number of halogens is 1. The van der Waals surface area contributed by atoms with E-state index in [4.69, 9.17) is 5.73 Å². The van der Waals surface area contributed by atoms with Gasteiger partial charge in [-0.15, -0.1) is 0 Å². The summed E-state index contributed by atoms with van der Waals surface area (Å²) in [5.74, 6) is -0.881. The minimum atomic E-state index is -3.78. The molecule has 9 heteroatoms. The highest BCUT2D eigenvalue weighted by Gasteiger charge is 2.30. The predicted molar refractivity (Wildman–Crippen MR) is 92.4 cm³/mol. The summed E-state index contributed by atoms with van der Waals surface area (Å²) in [6, 6.07) is 5.28. The number of piperidine rings is 1. The van der Waals surface area contributed by atoms with E-state index in [0.29, 0.717) is 25.9 Å². The monoisotopic (exact) mass is 417 g/mol. The van der Waals surface area contributed by atoms with Crippen LogP contribution in [0.3, 0.4) is 0 Å². The second-order valence-corrected chi connectivity index (χ2v) is 8.43. The summed E-state index contributed by atoms with van der Waals surface area (Å²) in [5.41, 5.74) is 5.27. The van der Waals surface area contributed by atoms with Gasteiger partial charge in [0.05, 0.1) is 10.9 Å². The number of nitrogens with zero attached hydrogens (tertiary/aromatic N) is 1. The highest BCUT2D eigenvalue weighted by atomic mass is 79.9. The van der Waals surface area contributed by atoms with Gasteiger partial charge in [-0.3, -0.25) is 9.59 Å². The molecule has 1 atom stereocenters. The lowest BCUT2D eigenvalue weighted by Gasteiger charge is -2.32. The van der Waals surface area contributed by atoms with Gasteiger partial charge in [-0.05, 0) is 44.0 Å². The van der Waals surface area contributed by atoms with Crippen LogP contribution < -0.4 is 10.5 Å². The first kappa shape index (κ1) is 18.9. The molecule has 0 bridgehead atoms. The quantitative estimate of drug-likeness (QED) is 0.739. The molecule has 0 radical (unpaired) electrons. The summed E-state index contributed by atoms with van der Waals surface area (Å²) in [6.45, 7) is 2.31. The number of hydrogen-bond donors (Lipinski definition) is 2. The lowest BCUT2D eigenvalue weighted by atomic mass is 9.96. The summed E-state index contributed by atoms with van der Waals surface area (Å²) in [5, 5.41) is 0. The first-order chi connectivity index (χ1) is 11.2. The van der Waals surface area contributed by atoms with Gasteiger partial charge in [-0.2, -0.15) is 4.72 Å². The van der Waals surface area contributed by atoms with Crippen LogP contribution in [0, 0.1) is 5.92 Å². The van der Waals surface area contributed by atoms with Crippen molar-refractivity contribution in [2.75, 3.05) is 13.1 Å². The average Bonchev–Trinajstić information content (AvgIpc) is 2.54. The molecule has 1 aromatic carbocycles. The molecule has 0 saturated carbocycles. The minimum absolute atomic E-state index is 0.0952. The molecule has 1 fully saturated rings. The molecule has 0 aliphatic carbocycles. The molecule has 2 rings (SSSR count). The zero-order chi connectivity index (χ0) is 17.9. The Balaban J connectivity index is 1.99. The number of amides is 2. The SMILES string of the molecule is CC(NS(=O)(=O)c1ccc(Br)cc1)C(=O)N1CCC(C(N)=O)CC1. The maximum absolute atomic E-state index is 12.4. The van der Waals surface area contributed by atoms with Crippen LogP contribution in [0.5, 0.6) is 0 Å². The summed E-state index contributed by atoms with van der Waals surface area (Å²) in [4.78, 5) is 25.2. The largest absolute Gasteiger partial charge is 0.369 e. The number of carbonyl (C=O) groups is 2. The van der Waals surface area contributed by atoms with E-state index in [9.17, 15) is 18.0 Å². The fourth-order valence-electron chi connectivity index (χ4n) is 2.62. The van der Waals surface area contributed by atoms with Gasteiger partial charge in [-0.1, -0.05) is 15.9 Å². The zero-order valence-electron chi connectivity index (χ0n) is 13.2. The Morgan fingerprint density at radius 2 is 1.79 bits per heavy atom. The zero-order valence-corrected chi connectivity index (χ0v) is 15.6. The molecule has 0 spiro atoms. The Bertz CT molecular complexity index is 713. The van der Waals surface area contributed by atoms with E-state index >= 15 is 0 Å². The second kappa shape index (κ2) is 7.62. The first-order valence-corrected chi connectivity index (χ1v) is 9.84. The number of primary amides is 1. The minimum Gasteiger partial charge on any atom is -0.369 e. The van der Waals surface area contributed by atoms with Crippen LogP contribution in [0.1, 0.15) is 19.8 Å². The third-order valence-corrected chi connectivity index (χ3v) is 6.12. The van der Waals surface area contributed by atoms with Crippen LogP contribution in [-0.2, 0) is 19.6 Å². The summed E-state index contributed by atoms with van der Waals surface area (Å²) < 4.78 is 27.8. The van der Waals surface area contributed by atoms with Gasteiger partial charge in [0.15, 0.2) is 0 Å². The summed E-state index contributed by atoms with van der Waals surface area (Å²) >= 11 is 3.24. The van der Waals surface area contributed by atoms with Crippen LogP contribution in [0.25, 0.3) is 0 Å². The molecule has 1 heterocycles. The van der Waals surface area contributed by atoms with E-state index in [0.717, 1.165) is 4.47 Å². The number of sulfonamides is 1. The molecule has 1 aliphatic rings. The lowest BCUT2D eigenvalue weighted by molar-refractivity contribution is -0.136. The highest BCUT2D eigenvalue weighted by Crippen LogP contribution is 2.18. The van der Waals surface area contributed by atoms with Crippen molar-refractivity contribution >= 4 is 37.8 Å². The third-order valence-electron chi connectivity index (χ3n) is 4.04. The molecule has 7 nitrogen and oxygen atoms in total. The van der Waals surface area contributed by atoms with Gasteiger partial charge in [0, 0.05) is 23.5 Å². The molecule has 3 N–H and O–H groups in total. The maximum atomic E-state index is 12.4. The molecule has 1 saturated heterocycles. The van der Waals surface area contributed by atoms with Gasteiger partial charge in [-0.25, -0.2) is 8.42 Å². The van der Waals surface area contributed by atoms with Crippen molar-refractivity contribution in [2.45, 2.75) is 30.7 Å². The maximum Gasteiger partial charge on any atom is 0.241 e. The van der Waals surface area contributed by atoms with E-state index in [-0.39, 0.29) is 22.6 Å². The highest BCUT2D eigenvalue weighted by molar-refractivity contribution is 9.10. The number of likely N-dealkylation sites (tertiary alicyclic amines) is 1. The van der Waals surface area contributed by atoms with Crippen LogP contribution in [0.15, 0.2) is 33.6 Å². The van der Waals surface area contributed by atoms with Gasteiger partial charge in [0.1, 0.15) is 0 Å². The Hall–Kier alpha value is -1.45. The van der Waals surface area contributed by atoms with Crippen LogP contribution >= 0.6 is 15.9 Å². The number of nitrogens with one attached hydrogen (secondary N) is 1. The van der Waals surface area contributed by atoms with Crippen LogP contribution in [0.4, 0.5) is 0 Å².